The first-order valence-corrected chi connectivity index (χ1v) is 9.36. The number of benzene rings is 1. The van der Waals surface area contributed by atoms with E-state index in [2.05, 4.69) is 15.6 Å². The van der Waals surface area contributed by atoms with E-state index < -0.39 is 0 Å². The number of rotatable bonds is 6. The van der Waals surface area contributed by atoms with Crippen molar-refractivity contribution in [3.05, 3.63) is 34.9 Å². The molecule has 2 N–H and O–H groups in total. The fraction of sp³-hybridized carbons (Fsp3) is 0.579. The van der Waals surface area contributed by atoms with Crippen molar-refractivity contribution in [2.24, 2.45) is 10.9 Å². The minimum atomic E-state index is -0.130. The molecule has 0 aromatic heterocycles. The number of amides is 1. The molecule has 0 radical (unpaired) electrons. The van der Waals surface area contributed by atoms with Crippen LogP contribution in [0.25, 0.3) is 0 Å². The Hall–Kier alpha value is -1.79. The average Bonchev–Trinajstić information content (AvgIpc) is 3.09. The Morgan fingerprint density at radius 3 is 2.85 bits per heavy atom. The van der Waals surface area contributed by atoms with Crippen molar-refractivity contribution in [2.45, 2.75) is 32.4 Å². The molecule has 2 atom stereocenters. The summed E-state index contributed by atoms with van der Waals surface area (Å²) in [6, 6.07) is 7.85. The van der Waals surface area contributed by atoms with Crippen LogP contribution in [0.2, 0.25) is 5.02 Å². The minimum absolute atomic E-state index is 0.0337. The van der Waals surface area contributed by atoms with Gasteiger partial charge in [-0.05, 0) is 24.1 Å². The molecule has 1 aliphatic rings. The van der Waals surface area contributed by atoms with Gasteiger partial charge in [0.2, 0.25) is 5.91 Å². The fourth-order valence-corrected chi connectivity index (χ4v) is 3.26. The lowest BCUT2D eigenvalue weighted by Crippen LogP contribution is -2.46. The normalized spacial score (nSPS) is 18.9. The molecule has 2 unspecified atom stereocenters. The van der Waals surface area contributed by atoms with Crippen LogP contribution in [0.3, 0.4) is 0 Å². The highest BCUT2D eigenvalue weighted by Gasteiger charge is 2.28. The van der Waals surface area contributed by atoms with Gasteiger partial charge in [-0.2, -0.15) is 0 Å². The number of methoxy groups -OCH3 is 1. The lowest BCUT2D eigenvalue weighted by molar-refractivity contribution is -0.133. The van der Waals surface area contributed by atoms with Crippen molar-refractivity contribution >= 4 is 23.5 Å². The predicted molar refractivity (Wildman–Crippen MR) is 106 cm³/mol. The summed E-state index contributed by atoms with van der Waals surface area (Å²) >= 11 is 6.07. The van der Waals surface area contributed by atoms with E-state index in [0.29, 0.717) is 24.1 Å². The van der Waals surface area contributed by atoms with Crippen LogP contribution in [0.1, 0.15) is 31.9 Å². The molecule has 1 aromatic rings. The summed E-state index contributed by atoms with van der Waals surface area (Å²) in [6.45, 7) is 5.93. The molecule has 1 saturated heterocycles. The van der Waals surface area contributed by atoms with Gasteiger partial charge in [0.25, 0.3) is 0 Å². The van der Waals surface area contributed by atoms with Crippen molar-refractivity contribution in [1.82, 2.24) is 15.5 Å². The molecule has 2 rings (SSSR count). The van der Waals surface area contributed by atoms with E-state index in [4.69, 9.17) is 16.3 Å². The highest BCUT2D eigenvalue weighted by Crippen LogP contribution is 2.19. The standard InChI is InChI=1S/C19H29ClN4O2/c1-13(2)18(25)24-9-8-16(12-24)23-19(21-3)22-11-17(26-4)14-6-5-7-15(20)10-14/h5-7,10,13,16-17H,8-9,11-12H2,1-4H3,(H2,21,22,23). The van der Waals surface area contributed by atoms with Crippen molar-refractivity contribution in [2.75, 3.05) is 33.8 Å². The van der Waals surface area contributed by atoms with Gasteiger partial charge >= 0.3 is 0 Å². The van der Waals surface area contributed by atoms with Gasteiger partial charge in [-0.15, -0.1) is 0 Å². The molecule has 144 valence electrons. The van der Waals surface area contributed by atoms with Gasteiger partial charge in [-0.25, -0.2) is 0 Å². The van der Waals surface area contributed by atoms with E-state index in [0.717, 1.165) is 18.5 Å². The molecule has 1 aromatic carbocycles. The molecule has 26 heavy (non-hydrogen) atoms. The Kier molecular flexibility index (Phi) is 7.72. The molecule has 0 bridgehead atoms. The average molecular weight is 381 g/mol. The zero-order valence-corrected chi connectivity index (χ0v) is 16.7. The van der Waals surface area contributed by atoms with E-state index in [1.165, 1.54) is 0 Å². The van der Waals surface area contributed by atoms with Crippen molar-refractivity contribution in [1.29, 1.82) is 0 Å². The number of nitrogens with one attached hydrogen (secondary N) is 2. The van der Waals surface area contributed by atoms with Gasteiger partial charge in [0, 0.05) is 50.8 Å². The summed E-state index contributed by atoms with van der Waals surface area (Å²) in [5.74, 6) is 0.946. The molecule has 7 heteroatoms. The Balaban J connectivity index is 1.87. The Bertz CT molecular complexity index is 636. The highest BCUT2D eigenvalue weighted by atomic mass is 35.5. The maximum Gasteiger partial charge on any atom is 0.225 e. The number of guanidine groups is 1. The lowest BCUT2D eigenvalue weighted by Gasteiger charge is -2.22. The van der Waals surface area contributed by atoms with Gasteiger partial charge in [0.05, 0.1) is 6.10 Å². The summed E-state index contributed by atoms with van der Waals surface area (Å²) < 4.78 is 5.57. The van der Waals surface area contributed by atoms with Crippen LogP contribution in [0, 0.1) is 5.92 Å². The van der Waals surface area contributed by atoms with Gasteiger partial charge in [0.15, 0.2) is 5.96 Å². The molecule has 1 heterocycles. The van der Waals surface area contributed by atoms with Crippen LogP contribution in [0.4, 0.5) is 0 Å². The van der Waals surface area contributed by atoms with Crippen LogP contribution < -0.4 is 10.6 Å². The smallest absolute Gasteiger partial charge is 0.225 e. The molecule has 1 aliphatic heterocycles. The number of nitrogens with zero attached hydrogens (tertiary/aromatic N) is 2. The number of halogens is 1. The third kappa shape index (κ3) is 5.61. The van der Waals surface area contributed by atoms with Gasteiger partial charge < -0.3 is 20.3 Å². The Morgan fingerprint density at radius 2 is 2.23 bits per heavy atom. The highest BCUT2D eigenvalue weighted by molar-refractivity contribution is 6.30. The molecule has 6 nitrogen and oxygen atoms in total. The zero-order chi connectivity index (χ0) is 19.1. The monoisotopic (exact) mass is 380 g/mol. The molecule has 0 saturated carbocycles. The third-order valence-corrected chi connectivity index (χ3v) is 4.75. The summed E-state index contributed by atoms with van der Waals surface area (Å²) in [5.41, 5.74) is 1.01. The maximum atomic E-state index is 12.1. The third-order valence-electron chi connectivity index (χ3n) is 4.52. The SMILES string of the molecule is CN=C(NCC(OC)c1cccc(Cl)c1)NC1CCN(C(=O)C(C)C)C1. The Labute approximate surface area is 161 Å². The minimum Gasteiger partial charge on any atom is -0.375 e. The number of hydrogen-bond donors (Lipinski definition) is 2. The first-order valence-electron chi connectivity index (χ1n) is 8.98. The quantitative estimate of drug-likeness (QED) is 0.587. The van der Waals surface area contributed by atoms with Gasteiger partial charge in [0.1, 0.15) is 0 Å². The number of aliphatic imine (C=N–C) groups is 1. The largest absolute Gasteiger partial charge is 0.375 e. The van der Waals surface area contributed by atoms with Crippen LogP contribution in [0.5, 0.6) is 0 Å². The second kappa shape index (κ2) is 9.78. The predicted octanol–water partition coefficient (Wildman–Crippen LogP) is 2.45. The summed E-state index contributed by atoms with van der Waals surface area (Å²) in [6.07, 6.45) is 0.788. The van der Waals surface area contributed by atoms with Crippen LogP contribution in [-0.4, -0.2) is 56.6 Å². The summed E-state index contributed by atoms with van der Waals surface area (Å²) in [7, 11) is 3.42. The lowest BCUT2D eigenvalue weighted by atomic mass is 10.1. The van der Waals surface area contributed by atoms with Crippen molar-refractivity contribution in [3.63, 3.8) is 0 Å². The summed E-state index contributed by atoms with van der Waals surface area (Å²) in [4.78, 5) is 18.3. The molecule has 1 fully saturated rings. The topological polar surface area (TPSA) is 66.0 Å². The van der Waals surface area contributed by atoms with E-state index in [1.807, 2.05) is 43.0 Å². The second-order valence-electron chi connectivity index (χ2n) is 6.80. The van der Waals surface area contributed by atoms with Gasteiger partial charge in [-0.1, -0.05) is 37.6 Å². The van der Waals surface area contributed by atoms with E-state index in [-0.39, 0.29) is 24.0 Å². The maximum absolute atomic E-state index is 12.1. The van der Waals surface area contributed by atoms with E-state index in [1.54, 1.807) is 14.2 Å². The molecule has 1 amide bonds. The number of likely N-dealkylation sites (tertiary alicyclic amines) is 1. The summed E-state index contributed by atoms with van der Waals surface area (Å²) in [5, 5.41) is 7.38. The fourth-order valence-electron chi connectivity index (χ4n) is 3.06. The number of hydrogen-bond acceptors (Lipinski definition) is 3. The van der Waals surface area contributed by atoms with Gasteiger partial charge in [-0.3, -0.25) is 9.79 Å². The first kappa shape index (κ1) is 20.5. The zero-order valence-electron chi connectivity index (χ0n) is 16.0. The number of carbonyl (C=O) groups excluding carboxylic acids is 1. The Morgan fingerprint density at radius 1 is 1.46 bits per heavy atom. The first-order chi connectivity index (χ1) is 12.4. The van der Waals surface area contributed by atoms with Crippen LogP contribution in [0.15, 0.2) is 29.3 Å². The van der Waals surface area contributed by atoms with Crippen molar-refractivity contribution in [3.8, 4) is 0 Å². The molecular weight excluding hydrogens is 352 g/mol. The van der Waals surface area contributed by atoms with E-state index >= 15 is 0 Å². The number of carbonyl (C=O) groups is 1. The van der Waals surface area contributed by atoms with E-state index in [9.17, 15) is 4.79 Å². The molecule has 0 aliphatic carbocycles. The van der Waals surface area contributed by atoms with Crippen LogP contribution in [-0.2, 0) is 9.53 Å². The molecule has 0 spiro atoms. The van der Waals surface area contributed by atoms with Crippen molar-refractivity contribution < 1.29 is 9.53 Å². The molecular formula is C19H29ClN4O2. The second-order valence-corrected chi connectivity index (χ2v) is 7.24. The number of ether oxygens (including phenoxy) is 1. The van der Waals surface area contributed by atoms with Crippen LogP contribution >= 0.6 is 11.6 Å².